The first-order valence-electron chi connectivity index (χ1n) is 10.8. The maximum absolute atomic E-state index is 5.87. The number of hydrogen-bond acceptors (Lipinski definition) is 5. The smallest absolute Gasteiger partial charge is 0.191 e. The Morgan fingerprint density at radius 3 is 2.39 bits per heavy atom. The molecule has 1 saturated heterocycles. The molecule has 7 nitrogen and oxygen atoms in total. The van der Waals surface area contributed by atoms with E-state index >= 15 is 0 Å². The Morgan fingerprint density at radius 1 is 1.13 bits per heavy atom. The van der Waals surface area contributed by atoms with Crippen molar-refractivity contribution in [1.82, 2.24) is 20.7 Å². The fourth-order valence-electron chi connectivity index (χ4n) is 3.79. The molecule has 0 aliphatic carbocycles. The Bertz CT molecular complexity index is 829. The first-order valence-corrected chi connectivity index (χ1v) is 10.8. The number of aromatic nitrogens is 1. The maximum atomic E-state index is 5.87. The first-order chi connectivity index (χ1) is 14.4. The van der Waals surface area contributed by atoms with E-state index in [0.29, 0.717) is 19.0 Å². The lowest BCUT2D eigenvalue weighted by molar-refractivity contribution is -0.0705. The van der Waals surface area contributed by atoms with E-state index in [2.05, 4.69) is 77.6 Å². The molecule has 2 N–H and O–H groups in total. The molecule has 2 heterocycles. The van der Waals surface area contributed by atoms with Crippen LogP contribution in [0.1, 0.15) is 56.2 Å². The van der Waals surface area contributed by atoms with E-state index in [-0.39, 0.29) is 36.2 Å². The van der Waals surface area contributed by atoms with Gasteiger partial charge in [0.25, 0.3) is 0 Å². The van der Waals surface area contributed by atoms with Gasteiger partial charge in [-0.2, -0.15) is 0 Å². The monoisotopic (exact) mass is 541 g/mol. The summed E-state index contributed by atoms with van der Waals surface area (Å²) in [4.78, 5) is 6.80. The van der Waals surface area contributed by atoms with Crippen LogP contribution in [0.15, 0.2) is 39.8 Å². The van der Waals surface area contributed by atoms with Crippen molar-refractivity contribution in [2.75, 3.05) is 20.1 Å². The summed E-state index contributed by atoms with van der Waals surface area (Å²) in [6.45, 7) is 12.6. The molecule has 1 aliphatic rings. The van der Waals surface area contributed by atoms with Gasteiger partial charge in [0.1, 0.15) is 0 Å². The zero-order chi connectivity index (χ0) is 21.5. The van der Waals surface area contributed by atoms with Gasteiger partial charge < -0.3 is 19.9 Å². The minimum Gasteiger partial charge on any atom is -0.373 e. The van der Waals surface area contributed by atoms with Crippen molar-refractivity contribution in [2.45, 2.75) is 65.5 Å². The second-order valence-corrected chi connectivity index (χ2v) is 8.37. The third-order valence-electron chi connectivity index (χ3n) is 5.28. The van der Waals surface area contributed by atoms with Crippen molar-refractivity contribution in [3.8, 4) is 0 Å². The van der Waals surface area contributed by atoms with E-state index in [9.17, 15) is 0 Å². The van der Waals surface area contributed by atoms with E-state index in [1.807, 2.05) is 6.07 Å². The molecule has 3 rings (SSSR count). The average Bonchev–Trinajstić information content (AvgIpc) is 3.18. The number of nitrogens with one attached hydrogen (secondary N) is 2. The van der Waals surface area contributed by atoms with Gasteiger partial charge in [0.15, 0.2) is 11.7 Å². The van der Waals surface area contributed by atoms with Crippen molar-refractivity contribution >= 4 is 29.9 Å². The quantitative estimate of drug-likeness (QED) is 0.315. The number of aliphatic imine (C=N–C) groups is 1. The number of benzene rings is 1. The summed E-state index contributed by atoms with van der Waals surface area (Å²) < 4.78 is 11.3. The minimum atomic E-state index is 0. The molecule has 1 aliphatic heterocycles. The lowest BCUT2D eigenvalue weighted by Crippen LogP contribution is -2.45. The molecule has 1 aromatic heterocycles. The van der Waals surface area contributed by atoms with Crippen LogP contribution in [0.3, 0.4) is 0 Å². The van der Waals surface area contributed by atoms with Crippen molar-refractivity contribution < 1.29 is 9.26 Å². The van der Waals surface area contributed by atoms with Crippen LogP contribution in [0, 0.1) is 0 Å². The van der Waals surface area contributed by atoms with E-state index < -0.39 is 0 Å². The molecule has 0 spiro atoms. The predicted molar refractivity (Wildman–Crippen MR) is 135 cm³/mol. The highest BCUT2D eigenvalue weighted by Gasteiger charge is 2.22. The standard InChI is InChI=1S/C23H35N5O2.HI/c1-16(2)22-10-21(30-27-22)12-26-23(24-5)25-11-19-8-6-7-9-20(19)15-28-13-17(3)29-18(4)14-28;/h6-10,16-18H,11-15H2,1-5H3,(H2,24,25,26);1H. The lowest BCUT2D eigenvalue weighted by atomic mass is 10.1. The van der Waals surface area contributed by atoms with Crippen LogP contribution >= 0.6 is 24.0 Å². The lowest BCUT2D eigenvalue weighted by Gasteiger charge is -2.35. The van der Waals surface area contributed by atoms with Crippen molar-refractivity contribution in [3.63, 3.8) is 0 Å². The Kier molecular flexibility index (Phi) is 10.2. The zero-order valence-corrected chi connectivity index (χ0v) is 21.6. The van der Waals surface area contributed by atoms with E-state index in [4.69, 9.17) is 9.26 Å². The van der Waals surface area contributed by atoms with Crippen LogP contribution in [-0.2, 0) is 24.4 Å². The van der Waals surface area contributed by atoms with Crippen LogP contribution in [0.4, 0.5) is 0 Å². The summed E-state index contributed by atoms with van der Waals surface area (Å²) in [7, 11) is 1.78. The SMILES string of the molecule is CN=C(NCc1cc(C(C)C)no1)NCc1ccccc1CN1CC(C)OC(C)C1.I. The summed E-state index contributed by atoms with van der Waals surface area (Å²) >= 11 is 0. The second-order valence-electron chi connectivity index (χ2n) is 8.37. The Hall–Kier alpha value is -1.65. The molecule has 1 aromatic carbocycles. The topological polar surface area (TPSA) is 74.9 Å². The Morgan fingerprint density at radius 2 is 1.77 bits per heavy atom. The normalized spacial score (nSPS) is 19.9. The van der Waals surface area contributed by atoms with Gasteiger partial charge in [-0.15, -0.1) is 24.0 Å². The highest BCUT2D eigenvalue weighted by atomic mass is 127. The molecule has 2 atom stereocenters. The van der Waals surface area contributed by atoms with E-state index in [0.717, 1.165) is 37.0 Å². The number of rotatable bonds is 7. The second kappa shape index (κ2) is 12.4. The first kappa shape index (κ1) is 25.6. The van der Waals surface area contributed by atoms with Crippen LogP contribution in [0.5, 0.6) is 0 Å². The summed E-state index contributed by atoms with van der Waals surface area (Å²) in [6, 6.07) is 10.6. The molecule has 0 amide bonds. The molecule has 31 heavy (non-hydrogen) atoms. The fraction of sp³-hybridized carbons (Fsp3) is 0.565. The van der Waals surface area contributed by atoms with Gasteiger partial charge in [-0.05, 0) is 30.9 Å². The van der Waals surface area contributed by atoms with Crippen molar-refractivity contribution in [1.29, 1.82) is 0 Å². The molecule has 0 bridgehead atoms. The highest BCUT2D eigenvalue weighted by Crippen LogP contribution is 2.17. The Balaban J connectivity index is 0.00000341. The minimum absolute atomic E-state index is 0. The number of guanidine groups is 1. The molecule has 1 fully saturated rings. The van der Waals surface area contributed by atoms with Gasteiger partial charge in [-0.3, -0.25) is 9.89 Å². The van der Waals surface area contributed by atoms with Crippen LogP contribution in [0.2, 0.25) is 0 Å². The van der Waals surface area contributed by atoms with Gasteiger partial charge in [0, 0.05) is 39.3 Å². The number of ether oxygens (including phenoxy) is 1. The number of hydrogen-bond donors (Lipinski definition) is 2. The molecule has 0 saturated carbocycles. The van der Waals surface area contributed by atoms with Gasteiger partial charge >= 0.3 is 0 Å². The summed E-state index contributed by atoms with van der Waals surface area (Å²) in [6.07, 6.45) is 0.545. The van der Waals surface area contributed by atoms with E-state index in [1.165, 1.54) is 11.1 Å². The van der Waals surface area contributed by atoms with Crippen molar-refractivity contribution in [2.24, 2.45) is 4.99 Å². The van der Waals surface area contributed by atoms with Gasteiger partial charge in [0.05, 0.1) is 24.4 Å². The summed E-state index contributed by atoms with van der Waals surface area (Å²) in [5, 5.41) is 10.8. The Labute approximate surface area is 203 Å². The van der Waals surface area contributed by atoms with Gasteiger partial charge in [-0.1, -0.05) is 43.3 Å². The van der Waals surface area contributed by atoms with Gasteiger partial charge in [0.2, 0.25) is 0 Å². The van der Waals surface area contributed by atoms with Gasteiger partial charge in [-0.25, -0.2) is 0 Å². The van der Waals surface area contributed by atoms with Crippen LogP contribution in [-0.4, -0.2) is 48.4 Å². The van der Waals surface area contributed by atoms with Crippen molar-refractivity contribution in [3.05, 3.63) is 52.9 Å². The molecule has 2 aromatic rings. The number of morpholine rings is 1. The largest absolute Gasteiger partial charge is 0.373 e. The zero-order valence-electron chi connectivity index (χ0n) is 19.2. The van der Waals surface area contributed by atoms with Crippen LogP contribution < -0.4 is 10.6 Å². The third kappa shape index (κ3) is 7.76. The average molecular weight is 541 g/mol. The van der Waals surface area contributed by atoms with Crippen LogP contribution in [0.25, 0.3) is 0 Å². The molecular weight excluding hydrogens is 505 g/mol. The van der Waals surface area contributed by atoms with E-state index in [1.54, 1.807) is 7.05 Å². The summed E-state index contributed by atoms with van der Waals surface area (Å²) in [5.74, 6) is 1.90. The number of nitrogens with zero attached hydrogens (tertiary/aromatic N) is 3. The predicted octanol–water partition coefficient (Wildman–Crippen LogP) is 3.89. The molecule has 2 unspecified atom stereocenters. The third-order valence-corrected chi connectivity index (χ3v) is 5.28. The molecule has 0 radical (unpaired) electrons. The number of halogens is 1. The molecular formula is C23H36IN5O2. The maximum Gasteiger partial charge on any atom is 0.191 e. The molecule has 172 valence electrons. The highest BCUT2D eigenvalue weighted by molar-refractivity contribution is 14.0. The molecule has 8 heteroatoms. The summed E-state index contributed by atoms with van der Waals surface area (Å²) in [5.41, 5.74) is 3.57. The fourth-order valence-corrected chi connectivity index (χ4v) is 3.79.